The van der Waals surface area contributed by atoms with Crippen molar-refractivity contribution in [2.75, 3.05) is 19.0 Å². The Balaban J connectivity index is 1.54. The van der Waals surface area contributed by atoms with E-state index in [4.69, 9.17) is 9.26 Å². The van der Waals surface area contributed by atoms with Crippen LogP contribution in [0.1, 0.15) is 24.8 Å². The Morgan fingerprint density at radius 2 is 2.14 bits per heavy atom. The molecule has 0 unspecified atom stereocenters. The van der Waals surface area contributed by atoms with Crippen molar-refractivity contribution in [1.29, 1.82) is 0 Å². The topological polar surface area (TPSA) is 80.5 Å². The number of halogens is 1. The first-order valence-corrected chi connectivity index (χ1v) is 9.75. The average Bonchev–Trinajstić information content (AvgIpc) is 3.37. The van der Waals surface area contributed by atoms with E-state index in [2.05, 4.69) is 31.4 Å². The van der Waals surface area contributed by atoms with E-state index in [1.807, 2.05) is 48.5 Å². The molecule has 1 aliphatic rings. The van der Waals surface area contributed by atoms with Crippen LogP contribution in [0, 0.1) is 0 Å². The molecular weight excluding hydrogens is 424 g/mol. The summed E-state index contributed by atoms with van der Waals surface area (Å²) in [5, 5.41) is 7.03. The molecule has 2 amide bonds. The Morgan fingerprint density at radius 3 is 2.96 bits per heavy atom. The van der Waals surface area contributed by atoms with Crippen LogP contribution in [0.3, 0.4) is 0 Å². The molecule has 1 aliphatic heterocycles. The lowest BCUT2D eigenvalue weighted by molar-refractivity contribution is 0.193. The number of rotatable bonds is 4. The summed E-state index contributed by atoms with van der Waals surface area (Å²) in [4.78, 5) is 19.1. The molecule has 7 nitrogen and oxygen atoms in total. The third-order valence-corrected chi connectivity index (χ3v) is 5.16. The first kappa shape index (κ1) is 18.5. The molecule has 28 heavy (non-hydrogen) atoms. The van der Waals surface area contributed by atoms with Crippen LogP contribution in [0.2, 0.25) is 0 Å². The van der Waals surface area contributed by atoms with E-state index >= 15 is 0 Å². The number of hydrogen-bond acceptors (Lipinski definition) is 5. The highest BCUT2D eigenvalue weighted by Gasteiger charge is 2.34. The van der Waals surface area contributed by atoms with E-state index in [9.17, 15) is 4.79 Å². The van der Waals surface area contributed by atoms with Crippen molar-refractivity contribution in [2.45, 2.75) is 18.9 Å². The Labute approximate surface area is 170 Å². The molecule has 0 saturated carbocycles. The number of anilines is 1. The molecule has 1 atom stereocenters. The van der Waals surface area contributed by atoms with Crippen molar-refractivity contribution in [3.63, 3.8) is 0 Å². The number of carbonyl (C=O) groups is 1. The quantitative estimate of drug-likeness (QED) is 0.622. The first-order valence-electron chi connectivity index (χ1n) is 8.96. The molecule has 144 valence electrons. The predicted molar refractivity (Wildman–Crippen MR) is 108 cm³/mol. The number of para-hydroxylation sites is 1. The number of benzene rings is 2. The normalized spacial score (nSPS) is 16.2. The molecule has 0 bridgehead atoms. The van der Waals surface area contributed by atoms with Gasteiger partial charge in [0, 0.05) is 16.7 Å². The zero-order valence-electron chi connectivity index (χ0n) is 15.3. The second-order valence-corrected chi connectivity index (χ2v) is 7.36. The van der Waals surface area contributed by atoms with Crippen LogP contribution in [0.15, 0.2) is 57.5 Å². The number of methoxy groups -OCH3 is 1. The van der Waals surface area contributed by atoms with Gasteiger partial charge in [-0.2, -0.15) is 4.98 Å². The van der Waals surface area contributed by atoms with Gasteiger partial charge in [0.1, 0.15) is 11.8 Å². The maximum atomic E-state index is 12.8. The van der Waals surface area contributed by atoms with Gasteiger partial charge in [-0.3, -0.25) is 0 Å². The van der Waals surface area contributed by atoms with Crippen LogP contribution in [0.25, 0.3) is 11.4 Å². The Bertz CT molecular complexity index is 991. The predicted octanol–water partition coefficient (Wildman–Crippen LogP) is 4.88. The van der Waals surface area contributed by atoms with E-state index in [0.29, 0.717) is 24.0 Å². The van der Waals surface area contributed by atoms with Crippen molar-refractivity contribution >= 4 is 27.6 Å². The van der Waals surface area contributed by atoms with Crippen LogP contribution in [-0.4, -0.2) is 34.7 Å². The van der Waals surface area contributed by atoms with E-state index in [0.717, 1.165) is 28.6 Å². The summed E-state index contributed by atoms with van der Waals surface area (Å²) < 4.78 is 11.8. The second kappa shape index (κ2) is 8.02. The summed E-state index contributed by atoms with van der Waals surface area (Å²) in [7, 11) is 1.60. The largest absolute Gasteiger partial charge is 0.496 e. The molecule has 2 aromatic carbocycles. The second-order valence-electron chi connectivity index (χ2n) is 6.45. The number of urea groups is 1. The number of nitrogens with zero attached hydrogens (tertiary/aromatic N) is 3. The molecule has 1 fully saturated rings. The molecule has 0 aliphatic carbocycles. The van der Waals surface area contributed by atoms with Crippen molar-refractivity contribution in [3.8, 4) is 17.1 Å². The molecule has 0 radical (unpaired) electrons. The van der Waals surface area contributed by atoms with Gasteiger partial charge in [0.2, 0.25) is 11.7 Å². The van der Waals surface area contributed by atoms with Crippen molar-refractivity contribution in [2.24, 2.45) is 0 Å². The van der Waals surface area contributed by atoms with Crippen molar-refractivity contribution < 1.29 is 14.1 Å². The van der Waals surface area contributed by atoms with Crippen LogP contribution < -0.4 is 10.1 Å². The number of amides is 2. The van der Waals surface area contributed by atoms with Crippen molar-refractivity contribution in [3.05, 3.63) is 58.9 Å². The van der Waals surface area contributed by atoms with Gasteiger partial charge in [0.05, 0.1) is 12.7 Å². The van der Waals surface area contributed by atoms with Gasteiger partial charge in [0.15, 0.2) is 0 Å². The van der Waals surface area contributed by atoms with Crippen molar-refractivity contribution in [1.82, 2.24) is 15.0 Å². The highest BCUT2D eigenvalue weighted by atomic mass is 79.9. The summed E-state index contributed by atoms with van der Waals surface area (Å²) in [6, 6.07) is 14.6. The first-order chi connectivity index (χ1) is 13.7. The fourth-order valence-corrected chi connectivity index (χ4v) is 3.74. The summed E-state index contributed by atoms with van der Waals surface area (Å²) in [6.45, 7) is 0.636. The van der Waals surface area contributed by atoms with Gasteiger partial charge in [-0.05, 0) is 43.2 Å². The average molecular weight is 443 g/mol. The van der Waals surface area contributed by atoms with Gasteiger partial charge in [-0.15, -0.1) is 0 Å². The maximum absolute atomic E-state index is 12.8. The summed E-state index contributed by atoms with van der Waals surface area (Å²) in [5.41, 5.74) is 1.48. The van der Waals surface area contributed by atoms with Crippen LogP contribution in [-0.2, 0) is 0 Å². The van der Waals surface area contributed by atoms with Gasteiger partial charge < -0.3 is 19.5 Å². The van der Waals surface area contributed by atoms with Gasteiger partial charge in [-0.1, -0.05) is 39.3 Å². The molecule has 2 heterocycles. The fourth-order valence-electron chi connectivity index (χ4n) is 3.34. The van der Waals surface area contributed by atoms with E-state index in [1.165, 1.54) is 0 Å². The van der Waals surface area contributed by atoms with Gasteiger partial charge in [0.25, 0.3) is 0 Å². The van der Waals surface area contributed by atoms with Crippen LogP contribution in [0.4, 0.5) is 10.5 Å². The SMILES string of the molecule is COc1ccccc1-c1noc([C@@H]2CCCN2C(=O)Nc2cccc(Br)c2)n1. The minimum absolute atomic E-state index is 0.183. The molecule has 1 aromatic heterocycles. The molecule has 8 heteroatoms. The smallest absolute Gasteiger partial charge is 0.322 e. The zero-order valence-corrected chi connectivity index (χ0v) is 16.8. The summed E-state index contributed by atoms with van der Waals surface area (Å²) in [5.74, 6) is 1.56. The molecule has 1 N–H and O–H groups in total. The molecule has 4 rings (SSSR count). The zero-order chi connectivity index (χ0) is 19.5. The lowest BCUT2D eigenvalue weighted by Crippen LogP contribution is -2.34. The summed E-state index contributed by atoms with van der Waals surface area (Å²) >= 11 is 3.41. The van der Waals surface area contributed by atoms with Gasteiger partial charge >= 0.3 is 6.03 Å². The number of nitrogens with one attached hydrogen (secondary N) is 1. The van der Waals surface area contributed by atoms with E-state index < -0.39 is 0 Å². The number of carbonyl (C=O) groups excluding carboxylic acids is 1. The van der Waals surface area contributed by atoms with Crippen LogP contribution >= 0.6 is 15.9 Å². The fraction of sp³-hybridized carbons (Fsp3) is 0.250. The summed E-state index contributed by atoms with van der Waals surface area (Å²) in [6.07, 6.45) is 1.66. The maximum Gasteiger partial charge on any atom is 0.322 e. The standard InChI is InChI=1S/C20H19BrN4O3/c1-27-17-10-3-2-8-15(17)18-23-19(28-24-18)16-9-5-11-25(16)20(26)22-14-7-4-6-13(21)12-14/h2-4,6-8,10,12,16H,5,9,11H2,1H3,(H,22,26)/t16-/m0/s1. The minimum Gasteiger partial charge on any atom is -0.496 e. The molecule has 0 spiro atoms. The number of hydrogen-bond donors (Lipinski definition) is 1. The Morgan fingerprint density at radius 1 is 1.29 bits per heavy atom. The minimum atomic E-state index is -0.247. The highest BCUT2D eigenvalue weighted by molar-refractivity contribution is 9.10. The third kappa shape index (κ3) is 3.73. The molecular formula is C20H19BrN4O3. The highest BCUT2D eigenvalue weighted by Crippen LogP contribution is 2.34. The monoisotopic (exact) mass is 442 g/mol. The van der Waals surface area contributed by atoms with Gasteiger partial charge in [-0.25, -0.2) is 4.79 Å². The lowest BCUT2D eigenvalue weighted by atomic mass is 10.2. The Kier molecular flexibility index (Phi) is 5.29. The number of likely N-dealkylation sites (tertiary alicyclic amines) is 1. The molecule has 1 saturated heterocycles. The van der Waals surface area contributed by atoms with Crippen LogP contribution in [0.5, 0.6) is 5.75 Å². The number of ether oxygens (including phenoxy) is 1. The Hall–Kier alpha value is -2.87. The van der Waals surface area contributed by atoms with E-state index in [1.54, 1.807) is 12.0 Å². The third-order valence-electron chi connectivity index (χ3n) is 4.66. The van der Waals surface area contributed by atoms with E-state index in [-0.39, 0.29) is 12.1 Å². The lowest BCUT2D eigenvalue weighted by Gasteiger charge is -2.22. The molecule has 3 aromatic rings. The number of aromatic nitrogens is 2.